The van der Waals surface area contributed by atoms with Gasteiger partial charge < -0.3 is 10.2 Å². The van der Waals surface area contributed by atoms with Gasteiger partial charge in [0.15, 0.2) is 0 Å². The number of hydrogen-bond donors (Lipinski definition) is 2. The Morgan fingerprint density at radius 1 is 1.26 bits per heavy atom. The molecule has 5 nitrogen and oxygen atoms in total. The SMILES string of the molecule is CC1(C)SC(=S)N(Cc2ccc(F)cc2)[C@H]1N(O)C(=O)Nc1cccc(C(F)(F)F)c1. The molecule has 1 heterocycles. The third kappa shape index (κ3) is 5.28. The van der Waals surface area contributed by atoms with Crippen LogP contribution >= 0.6 is 24.0 Å². The van der Waals surface area contributed by atoms with Crippen LogP contribution in [-0.4, -0.2) is 36.4 Å². The zero-order valence-electron chi connectivity index (χ0n) is 16.5. The second kappa shape index (κ2) is 8.64. The molecule has 0 saturated carbocycles. The maximum Gasteiger partial charge on any atom is 0.416 e. The molecular weight excluding hydrogens is 454 g/mol. The summed E-state index contributed by atoms with van der Waals surface area (Å²) in [7, 11) is 0. The van der Waals surface area contributed by atoms with Gasteiger partial charge in [0.1, 0.15) is 16.3 Å². The third-order valence-corrected chi connectivity index (χ3v) is 6.28. The maximum atomic E-state index is 13.2. The second-order valence-corrected chi connectivity index (χ2v) is 9.74. The highest BCUT2D eigenvalue weighted by molar-refractivity contribution is 8.24. The van der Waals surface area contributed by atoms with E-state index in [2.05, 4.69) is 5.32 Å². The molecule has 0 bridgehead atoms. The summed E-state index contributed by atoms with van der Waals surface area (Å²) in [6, 6.07) is 8.81. The summed E-state index contributed by atoms with van der Waals surface area (Å²) in [5.74, 6) is -0.400. The summed E-state index contributed by atoms with van der Waals surface area (Å²) in [5.41, 5.74) is -0.334. The number of rotatable bonds is 4. The first kappa shape index (κ1) is 23.3. The number of halogens is 4. The summed E-state index contributed by atoms with van der Waals surface area (Å²) >= 11 is 6.68. The molecule has 166 valence electrons. The Labute approximate surface area is 186 Å². The first-order valence-electron chi connectivity index (χ1n) is 9.09. The fraction of sp³-hybridized carbons (Fsp3) is 0.300. The van der Waals surface area contributed by atoms with Crippen molar-refractivity contribution in [2.24, 2.45) is 0 Å². The van der Waals surface area contributed by atoms with Crippen molar-refractivity contribution in [1.29, 1.82) is 0 Å². The summed E-state index contributed by atoms with van der Waals surface area (Å²) in [6.07, 6.45) is -5.48. The molecular formula is C20H19F4N3O2S2. The molecule has 2 aromatic rings. The van der Waals surface area contributed by atoms with E-state index in [0.29, 0.717) is 14.9 Å². The lowest BCUT2D eigenvalue weighted by atomic mass is 10.1. The average molecular weight is 474 g/mol. The van der Waals surface area contributed by atoms with Crippen molar-refractivity contribution in [3.8, 4) is 0 Å². The van der Waals surface area contributed by atoms with Crippen LogP contribution in [0.2, 0.25) is 0 Å². The normalized spacial score (nSPS) is 18.2. The van der Waals surface area contributed by atoms with Gasteiger partial charge >= 0.3 is 12.2 Å². The minimum Gasteiger partial charge on any atom is -0.329 e. The maximum absolute atomic E-state index is 13.2. The number of nitrogens with one attached hydrogen (secondary N) is 1. The highest BCUT2D eigenvalue weighted by Crippen LogP contribution is 2.43. The van der Waals surface area contributed by atoms with Gasteiger partial charge in [-0.15, -0.1) is 0 Å². The molecule has 1 saturated heterocycles. The molecule has 2 N–H and O–H groups in total. The van der Waals surface area contributed by atoms with Crippen molar-refractivity contribution in [2.75, 3.05) is 5.32 Å². The minimum absolute atomic E-state index is 0.116. The Bertz CT molecular complexity index is 983. The summed E-state index contributed by atoms with van der Waals surface area (Å²) in [4.78, 5) is 14.3. The predicted octanol–water partition coefficient (Wildman–Crippen LogP) is 5.71. The van der Waals surface area contributed by atoms with E-state index in [4.69, 9.17) is 12.2 Å². The topological polar surface area (TPSA) is 55.8 Å². The largest absolute Gasteiger partial charge is 0.416 e. The number of benzene rings is 2. The van der Waals surface area contributed by atoms with Gasteiger partial charge in [-0.25, -0.2) is 9.18 Å². The standard InChI is InChI=1S/C20H19F4N3O2S2/c1-19(2)16(26(18(30)31-19)11-12-6-8-14(21)9-7-12)27(29)17(28)25-15-5-3-4-13(10-15)20(22,23)24/h3-10,16,29H,11H2,1-2H3,(H,25,28)/t16-/m0/s1. The molecule has 1 aliphatic rings. The number of anilines is 1. The van der Waals surface area contributed by atoms with Crippen LogP contribution in [-0.2, 0) is 12.7 Å². The fourth-order valence-electron chi connectivity index (χ4n) is 3.24. The van der Waals surface area contributed by atoms with Crippen LogP contribution in [0.1, 0.15) is 25.0 Å². The van der Waals surface area contributed by atoms with Gasteiger partial charge in [0.2, 0.25) is 0 Å². The van der Waals surface area contributed by atoms with Crippen LogP contribution in [0.5, 0.6) is 0 Å². The molecule has 3 rings (SSSR count). The molecule has 1 atom stereocenters. The van der Waals surface area contributed by atoms with Crippen LogP contribution in [0.3, 0.4) is 0 Å². The molecule has 0 spiro atoms. The van der Waals surface area contributed by atoms with Crippen LogP contribution in [0.25, 0.3) is 0 Å². The van der Waals surface area contributed by atoms with Gasteiger partial charge in [-0.3, -0.25) is 5.21 Å². The van der Waals surface area contributed by atoms with E-state index < -0.39 is 34.5 Å². The first-order valence-corrected chi connectivity index (χ1v) is 10.3. The van der Waals surface area contributed by atoms with Gasteiger partial charge in [-0.2, -0.15) is 18.2 Å². The van der Waals surface area contributed by atoms with Gasteiger partial charge in [-0.05, 0) is 49.7 Å². The van der Waals surface area contributed by atoms with Crippen LogP contribution < -0.4 is 5.32 Å². The number of nitrogens with zero attached hydrogens (tertiary/aromatic N) is 2. The summed E-state index contributed by atoms with van der Waals surface area (Å²) in [5, 5.41) is 13.4. The zero-order chi connectivity index (χ0) is 23.0. The lowest BCUT2D eigenvalue weighted by molar-refractivity contribution is -0.137. The molecule has 1 aliphatic heterocycles. The number of thiocarbonyl (C=S) groups is 1. The van der Waals surface area contributed by atoms with Crippen LogP contribution in [0.15, 0.2) is 48.5 Å². The smallest absolute Gasteiger partial charge is 0.329 e. The molecule has 11 heteroatoms. The lowest BCUT2D eigenvalue weighted by Gasteiger charge is -2.37. The van der Waals surface area contributed by atoms with Crippen molar-refractivity contribution in [3.63, 3.8) is 0 Å². The number of hydroxylamine groups is 2. The summed E-state index contributed by atoms with van der Waals surface area (Å²) < 4.78 is 51.7. The van der Waals surface area contributed by atoms with Crippen molar-refractivity contribution < 1.29 is 27.6 Å². The monoisotopic (exact) mass is 473 g/mol. The number of thioether (sulfide) groups is 1. The van der Waals surface area contributed by atoms with Gasteiger partial charge in [0.25, 0.3) is 0 Å². The first-order chi connectivity index (χ1) is 14.4. The quantitative estimate of drug-likeness (QED) is 0.258. The van der Waals surface area contributed by atoms with Crippen molar-refractivity contribution >= 4 is 40.0 Å². The van der Waals surface area contributed by atoms with Crippen LogP contribution in [0.4, 0.5) is 28.0 Å². The number of alkyl halides is 3. The van der Waals surface area contributed by atoms with Gasteiger partial charge in [-0.1, -0.05) is 42.2 Å². The number of urea groups is 1. The van der Waals surface area contributed by atoms with E-state index in [1.54, 1.807) is 30.9 Å². The molecule has 0 radical (unpaired) electrons. The lowest BCUT2D eigenvalue weighted by Crippen LogP contribution is -2.55. The molecule has 0 aliphatic carbocycles. The van der Waals surface area contributed by atoms with E-state index in [9.17, 15) is 27.6 Å². The van der Waals surface area contributed by atoms with E-state index >= 15 is 0 Å². The Balaban J connectivity index is 1.81. The highest BCUT2D eigenvalue weighted by atomic mass is 32.2. The fourth-order valence-corrected chi connectivity index (χ4v) is 5.11. The Morgan fingerprint density at radius 3 is 2.52 bits per heavy atom. The minimum atomic E-state index is -4.57. The molecule has 0 aromatic heterocycles. The van der Waals surface area contributed by atoms with Crippen molar-refractivity contribution in [2.45, 2.75) is 37.5 Å². The van der Waals surface area contributed by atoms with Crippen molar-refractivity contribution in [1.82, 2.24) is 9.96 Å². The Kier molecular flexibility index (Phi) is 6.49. The van der Waals surface area contributed by atoms with E-state index in [-0.39, 0.29) is 12.2 Å². The molecule has 1 fully saturated rings. The van der Waals surface area contributed by atoms with Gasteiger partial charge in [0, 0.05) is 12.2 Å². The van der Waals surface area contributed by atoms with E-state index in [1.807, 2.05) is 0 Å². The Hall–Kier alpha value is -2.37. The highest BCUT2D eigenvalue weighted by Gasteiger charge is 2.49. The van der Waals surface area contributed by atoms with E-state index in [0.717, 1.165) is 18.2 Å². The zero-order valence-corrected chi connectivity index (χ0v) is 18.1. The third-order valence-electron chi connectivity index (χ3n) is 4.65. The molecule has 2 aromatic carbocycles. The Morgan fingerprint density at radius 2 is 1.90 bits per heavy atom. The summed E-state index contributed by atoms with van der Waals surface area (Å²) in [6.45, 7) is 3.76. The number of carbonyl (C=O) groups excluding carboxylic acids is 1. The predicted molar refractivity (Wildman–Crippen MR) is 114 cm³/mol. The number of hydrogen-bond acceptors (Lipinski definition) is 4. The molecule has 31 heavy (non-hydrogen) atoms. The van der Waals surface area contributed by atoms with E-state index in [1.165, 1.54) is 30.0 Å². The molecule has 2 amide bonds. The van der Waals surface area contributed by atoms with Gasteiger partial charge in [0.05, 0.1) is 10.3 Å². The number of amides is 2. The average Bonchev–Trinajstić information content (AvgIpc) is 2.90. The molecule has 0 unspecified atom stereocenters. The van der Waals surface area contributed by atoms with Crippen LogP contribution in [0, 0.1) is 5.82 Å². The number of carbonyl (C=O) groups is 1. The second-order valence-electron chi connectivity index (χ2n) is 7.45. The van der Waals surface area contributed by atoms with Crippen molar-refractivity contribution in [3.05, 3.63) is 65.5 Å².